The molecule has 0 saturated carbocycles. The molecule has 5 heteroatoms. The minimum absolute atomic E-state index is 0.563. The van der Waals surface area contributed by atoms with Crippen LogP contribution in [0.25, 0.3) is 0 Å². The Morgan fingerprint density at radius 2 is 2.19 bits per heavy atom. The van der Waals surface area contributed by atoms with Crippen molar-refractivity contribution in [2.24, 2.45) is 5.73 Å². The van der Waals surface area contributed by atoms with Crippen LogP contribution in [0.3, 0.4) is 0 Å². The van der Waals surface area contributed by atoms with Gasteiger partial charge in [0, 0.05) is 15.9 Å². The van der Waals surface area contributed by atoms with E-state index in [1.165, 1.54) is 0 Å². The molecule has 0 fully saturated rings. The van der Waals surface area contributed by atoms with Gasteiger partial charge in [-0.25, -0.2) is 4.79 Å². The summed E-state index contributed by atoms with van der Waals surface area (Å²) < 4.78 is 5.90. The normalized spacial score (nSPS) is 11.2. The highest BCUT2D eigenvalue weighted by molar-refractivity contribution is 9.10. The van der Waals surface area contributed by atoms with Crippen LogP contribution in [0.15, 0.2) is 22.7 Å². The fourth-order valence-electron chi connectivity index (χ4n) is 1.43. The number of rotatable bonds is 3. The molecule has 0 saturated heterocycles. The topological polar surface area (TPSA) is 52.3 Å². The minimum atomic E-state index is -0.768. The molecule has 1 amide bonds. The second-order valence-electron chi connectivity index (χ2n) is 4.09. The maximum absolute atomic E-state index is 10.7. The number of carbonyl (C=O) groups is 1. The van der Waals surface area contributed by atoms with Gasteiger partial charge in [0.2, 0.25) is 0 Å². The molecule has 0 aliphatic heterocycles. The van der Waals surface area contributed by atoms with Crippen molar-refractivity contribution in [2.45, 2.75) is 25.9 Å². The molecule has 2 N–H and O–H groups in total. The zero-order valence-corrected chi connectivity index (χ0v) is 11.4. The Labute approximate surface area is 108 Å². The molecule has 0 heterocycles. The van der Waals surface area contributed by atoms with E-state index in [-0.39, 0.29) is 0 Å². The molecular formula is C11H13BrClNO2. The number of carbonyl (C=O) groups excluding carboxylic acids is 1. The van der Waals surface area contributed by atoms with Gasteiger partial charge in [0.15, 0.2) is 0 Å². The molecule has 0 aromatic heterocycles. The summed E-state index contributed by atoms with van der Waals surface area (Å²) in [7, 11) is 0. The van der Waals surface area contributed by atoms with Gasteiger partial charge < -0.3 is 10.5 Å². The average molecular weight is 307 g/mol. The first kappa shape index (κ1) is 13.3. The molecule has 16 heavy (non-hydrogen) atoms. The van der Waals surface area contributed by atoms with Crippen LogP contribution >= 0.6 is 27.5 Å². The second kappa shape index (κ2) is 5.06. The summed E-state index contributed by atoms with van der Waals surface area (Å²) in [5, 5.41) is 0.657. The third kappa shape index (κ3) is 4.02. The quantitative estimate of drug-likeness (QED) is 0.929. The highest BCUT2D eigenvalue weighted by Crippen LogP contribution is 2.26. The van der Waals surface area contributed by atoms with Crippen molar-refractivity contribution in [1.82, 2.24) is 0 Å². The molecule has 0 atom stereocenters. The molecule has 0 bridgehead atoms. The van der Waals surface area contributed by atoms with Gasteiger partial charge in [-0.1, -0.05) is 33.6 Å². The fourth-order valence-corrected chi connectivity index (χ4v) is 2.25. The number of hydrogen-bond donors (Lipinski definition) is 1. The number of amides is 1. The van der Waals surface area contributed by atoms with Crippen molar-refractivity contribution in [3.63, 3.8) is 0 Å². The first-order valence-corrected chi connectivity index (χ1v) is 5.90. The molecule has 0 aliphatic rings. The maximum Gasteiger partial charge on any atom is 0.405 e. The van der Waals surface area contributed by atoms with Gasteiger partial charge in [-0.05, 0) is 31.5 Å². The Morgan fingerprint density at radius 3 is 2.69 bits per heavy atom. The summed E-state index contributed by atoms with van der Waals surface area (Å²) >= 11 is 9.25. The van der Waals surface area contributed by atoms with E-state index in [2.05, 4.69) is 15.9 Å². The van der Waals surface area contributed by atoms with Crippen LogP contribution in [0, 0.1) is 0 Å². The number of benzene rings is 1. The molecule has 0 unspecified atom stereocenters. The maximum atomic E-state index is 10.7. The molecule has 1 aromatic carbocycles. The van der Waals surface area contributed by atoms with Crippen LogP contribution in [0.4, 0.5) is 4.79 Å². The van der Waals surface area contributed by atoms with Crippen molar-refractivity contribution >= 4 is 33.6 Å². The standard InChI is InChI=1S/C11H13BrClNO2/c1-11(2,16-10(14)15)6-7-3-4-8(13)5-9(7)12/h3-5H,6H2,1-2H3,(H2,14,15). The Hall–Kier alpha value is -0.740. The van der Waals surface area contributed by atoms with Crippen molar-refractivity contribution in [1.29, 1.82) is 0 Å². The van der Waals surface area contributed by atoms with E-state index >= 15 is 0 Å². The van der Waals surface area contributed by atoms with Gasteiger partial charge in [-0.2, -0.15) is 0 Å². The van der Waals surface area contributed by atoms with Crippen molar-refractivity contribution < 1.29 is 9.53 Å². The van der Waals surface area contributed by atoms with Crippen LogP contribution < -0.4 is 5.73 Å². The van der Waals surface area contributed by atoms with Crippen LogP contribution in [0.1, 0.15) is 19.4 Å². The molecule has 0 radical (unpaired) electrons. The zero-order chi connectivity index (χ0) is 12.3. The predicted octanol–water partition coefficient (Wildman–Crippen LogP) is 3.52. The van der Waals surface area contributed by atoms with E-state index < -0.39 is 11.7 Å². The Kier molecular flexibility index (Phi) is 4.21. The molecule has 1 aromatic rings. The number of halogens is 2. The van der Waals surface area contributed by atoms with E-state index in [1.807, 2.05) is 6.07 Å². The van der Waals surface area contributed by atoms with Gasteiger partial charge in [0.25, 0.3) is 0 Å². The number of primary amides is 1. The predicted molar refractivity (Wildman–Crippen MR) is 67.6 cm³/mol. The van der Waals surface area contributed by atoms with E-state index in [9.17, 15) is 4.79 Å². The summed E-state index contributed by atoms with van der Waals surface area (Å²) in [6.45, 7) is 3.61. The number of nitrogens with two attached hydrogens (primary N) is 1. The van der Waals surface area contributed by atoms with Crippen LogP contribution in [0.5, 0.6) is 0 Å². The monoisotopic (exact) mass is 305 g/mol. The van der Waals surface area contributed by atoms with Gasteiger partial charge in [-0.15, -0.1) is 0 Å². The van der Waals surface area contributed by atoms with Gasteiger partial charge in [0.05, 0.1) is 0 Å². The summed E-state index contributed by atoms with van der Waals surface area (Å²) in [6, 6.07) is 5.48. The van der Waals surface area contributed by atoms with Crippen LogP contribution in [-0.4, -0.2) is 11.7 Å². The molecule has 3 nitrogen and oxygen atoms in total. The first-order valence-electron chi connectivity index (χ1n) is 4.72. The lowest BCUT2D eigenvalue weighted by Gasteiger charge is -2.24. The van der Waals surface area contributed by atoms with Gasteiger partial charge >= 0.3 is 6.09 Å². The molecule has 0 spiro atoms. The van der Waals surface area contributed by atoms with Crippen molar-refractivity contribution in [3.8, 4) is 0 Å². The van der Waals surface area contributed by atoms with E-state index in [4.69, 9.17) is 22.1 Å². The third-order valence-electron chi connectivity index (χ3n) is 2.01. The Bertz CT molecular complexity index is 407. The fraction of sp³-hybridized carbons (Fsp3) is 0.364. The number of hydrogen-bond acceptors (Lipinski definition) is 2. The third-order valence-corrected chi connectivity index (χ3v) is 2.98. The highest BCUT2D eigenvalue weighted by Gasteiger charge is 2.23. The molecular weight excluding hydrogens is 293 g/mol. The average Bonchev–Trinajstić information content (AvgIpc) is 2.07. The summed E-state index contributed by atoms with van der Waals surface area (Å²) in [5.74, 6) is 0. The molecule has 0 aliphatic carbocycles. The Balaban J connectivity index is 2.83. The smallest absolute Gasteiger partial charge is 0.405 e. The van der Waals surface area contributed by atoms with Gasteiger partial charge in [0.1, 0.15) is 5.60 Å². The SMILES string of the molecule is CC(C)(Cc1ccc(Cl)cc1Br)OC(N)=O. The van der Waals surface area contributed by atoms with E-state index in [1.54, 1.807) is 26.0 Å². The second-order valence-corrected chi connectivity index (χ2v) is 5.38. The first-order chi connectivity index (χ1) is 7.30. The van der Waals surface area contributed by atoms with Crippen molar-refractivity contribution in [3.05, 3.63) is 33.3 Å². The van der Waals surface area contributed by atoms with Crippen molar-refractivity contribution in [2.75, 3.05) is 0 Å². The molecule has 1 rings (SSSR count). The summed E-state index contributed by atoms with van der Waals surface area (Å²) in [4.78, 5) is 10.7. The summed E-state index contributed by atoms with van der Waals surface area (Å²) in [5.41, 5.74) is 5.37. The zero-order valence-electron chi connectivity index (χ0n) is 9.09. The Morgan fingerprint density at radius 1 is 1.56 bits per heavy atom. The highest BCUT2D eigenvalue weighted by atomic mass is 79.9. The van der Waals surface area contributed by atoms with Crippen LogP contribution in [-0.2, 0) is 11.2 Å². The molecule has 88 valence electrons. The lowest BCUT2D eigenvalue weighted by atomic mass is 9.98. The largest absolute Gasteiger partial charge is 0.443 e. The van der Waals surface area contributed by atoms with Gasteiger partial charge in [-0.3, -0.25) is 0 Å². The van der Waals surface area contributed by atoms with E-state index in [0.29, 0.717) is 11.4 Å². The minimum Gasteiger partial charge on any atom is -0.443 e. The number of ether oxygens (including phenoxy) is 1. The lowest BCUT2D eigenvalue weighted by molar-refractivity contribution is 0.0459. The lowest BCUT2D eigenvalue weighted by Crippen LogP contribution is -2.33. The van der Waals surface area contributed by atoms with Crippen LogP contribution in [0.2, 0.25) is 5.02 Å². The van der Waals surface area contributed by atoms with E-state index in [0.717, 1.165) is 10.0 Å². The summed E-state index contributed by atoms with van der Waals surface area (Å²) in [6.07, 6.45) is -0.205.